The summed E-state index contributed by atoms with van der Waals surface area (Å²) >= 11 is 6.55. The number of nitrogens with zero attached hydrogens (tertiary/aromatic N) is 3. The summed E-state index contributed by atoms with van der Waals surface area (Å²) in [6.07, 6.45) is -0.454. The smallest absolute Gasteiger partial charge is 0.234 e. The molecule has 8 nitrogen and oxygen atoms in total. The highest BCUT2D eigenvalue weighted by Crippen LogP contribution is 2.39. The highest BCUT2D eigenvalue weighted by atomic mass is 35.5. The molecule has 1 fully saturated rings. The SMILES string of the molecule is C=C(C)c1noc([C@H](C(=O)N2C[C@H](O)C[C@H]2C2=NC(C)(c3ccc(-c4ccccc4F)cc3)ON2)C(C)C)c1Cl. The number of hydroxylamine groups is 1. The molecular formula is C30H32ClFN4O4. The van der Waals surface area contributed by atoms with Crippen LogP contribution in [0, 0.1) is 11.7 Å². The molecule has 3 aromatic rings. The molecule has 0 radical (unpaired) electrons. The molecule has 1 amide bonds. The lowest BCUT2D eigenvalue weighted by Crippen LogP contribution is -2.46. The number of nitrogens with one attached hydrogen (secondary N) is 1. The first-order valence-electron chi connectivity index (χ1n) is 13.2. The number of aliphatic hydroxyl groups excluding tert-OH is 1. The number of halogens is 2. The van der Waals surface area contributed by atoms with Gasteiger partial charge in [0.2, 0.25) is 11.6 Å². The van der Waals surface area contributed by atoms with Crippen molar-refractivity contribution < 1.29 is 23.7 Å². The van der Waals surface area contributed by atoms with Crippen LogP contribution in [-0.2, 0) is 15.4 Å². The standard InChI is InChI=1S/C30H32ClFN4O4/c1-16(2)24(27-25(31)26(17(3)4)34-39-27)29(38)36-15-20(37)14-23(36)28-33-30(5,40-35-28)19-12-10-18(11-13-19)21-8-6-7-9-22(21)32/h6-13,16,20,23-24,37H,3,14-15H2,1-2,4-5H3,(H,33,35)/t20-,23+,24-,30?/m1/s1. The van der Waals surface area contributed by atoms with Gasteiger partial charge in [-0.2, -0.15) is 0 Å². The van der Waals surface area contributed by atoms with Crippen LogP contribution in [-0.4, -0.2) is 45.6 Å². The average Bonchev–Trinajstić information content (AvgIpc) is 3.61. The van der Waals surface area contributed by atoms with E-state index in [1.807, 2.05) is 38.1 Å². The summed E-state index contributed by atoms with van der Waals surface area (Å²) in [6.45, 7) is 11.4. The second-order valence-corrected chi connectivity index (χ2v) is 11.2. The molecule has 1 saturated heterocycles. The summed E-state index contributed by atoms with van der Waals surface area (Å²) in [5.74, 6) is -0.734. The molecule has 0 spiro atoms. The van der Waals surface area contributed by atoms with E-state index in [-0.39, 0.29) is 41.4 Å². The molecule has 0 aliphatic carbocycles. The third-order valence-corrected chi connectivity index (χ3v) is 7.82. The Morgan fingerprint density at radius 3 is 2.58 bits per heavy atom. The number of rotatable bonds is 7. The second-order valence-electron chi connectivity index (χ2n) is 10.8. The zero-order valence-corrected chi connectivity index (χ0v) is 23.6. The Morgan fingerprint density at radius 1 is 1.25 bits per heavy atom. The van der Waals surface area contributed by atoms with Gasteiger partial charge >= 0.3 is 0 Å². The molecule has 1 aromatic heterocycles. The molecule has 0 saturated carbocycles. The van der Waals surface area contributed by atoms with Gasteiger partial charge in [0, 0.05) is 24.1 Å². The molecule has 2 aliphatic rings. The van der Waals surface area contributed by atoms with Crippen molar-refractivity contribution in [2.24, 2.45) is 10.9 Å². The zero-order valence-electron chi connectivity index (χ0n) is 22.8. The Labute approximate surface area is 237 Å². The molecule has 40 heavy (non-hydrogen) atoms. The molecule has 210 valence electrons. The summed E-state index contributed by atoms with van der Waals surface area (Å²) in [5, 5.41) is 14.9. The highest BCUT2D eigenvalue weighted by Gasteiger charge is 2.46. The van der Waals surface area contributed by atoms with E-state index in [4.69, 9.17) is 26.0 Å². The van der Waals surface area contributed by atoms with Crippen LogP contribution in [0.3, 0.4) is 0 Å². The molecule has 10 heteroatoms. The Hall–Kier alpha value is -3.53. The van der Waals surface area contributed by atoms with Crippen molar-refractivity contribution in [3.8, 4) is 11.1 Å². The number of hydrogen-bond acceptors (Lipinski definition) is 7. The maximum atomic E-state index is 14.3. The fraction of sp³-hybridized carbons (Fsp3) is 0.367. The van der Waals surface area contributed by atoms with E-state index in [9.17, 15) is 14.3 Å². The minimum atomic E-state index is -1.09. The van der Waals surface area contributed by atoms with Crippen LogP contribution in [0.1, 0.15) is 57.1 Å². The molecule has 4 atom stereocenters. The van der Waals surface area contributed by atoms with E-state index >= 15 is 0 Å². The van der Waals surface area contributed by atoms with Crippen LogP contribution in [0.25, 0.3) is 16.7 Å². The first-order valence-corrected chi connectivity index (χ1v) is 13.6. The zero-order chi connectivity index (χ0) is 28.8. The van der Waals surface area contributed by atoms with Crippen molar-refractivity contribution in [1.29, 1.82) is 0 Å². The molecular weight excluding hydrogens is 535 g/mol. The second kappa shape index (κ2) is 10.8. The van der Waals surface area contributed by atoms with Gasteiger partial charge in [-0.1, -0.05) is 79.6 Å². The van der Waals surface area contributed by atoms with E-state index in [0.29, 0.717) is 22.7 Å². The van der Waals surface area contributed by atoms with Gasteiger partial charge in [-0.25, -0.2) is 19.7 Å². The van der Waals surface area contributed by atoms with Gasteiger partial charge in [0.1, 0.15) is 28.3 Å². The van der Waals surface area contributed by atoms with Crippen LogP contribution < -0.4 is 5.48 Å². The lowest BCUT2D eigenvalue weighted by molar-refractivity contribution is -0.134. The lowest BCUT2D eigenvalue weighted by atomic mass is 9.91. The Bertz CT molecular complexity index is 1470. The lowest BCUT2D eigenvalue weighted by Gasteiger charge is -2.29. The molecule has 1 unspecified atom stereocenters. The Kier molecular flexibility index (Phi) is 7.56. The number of carbonyl (C=O) groups excluding carboxylic acids is 1. The van der Waals surface area contributed by atoms with Gasteiger partial charge in [0.25, 0.3) is 0 Å². The van der Waals surface area contributed by atoms with Crippen LogP contribution in [0.4, 0.5) is 4.39 Å². The van der Waals surface area contributed by atoms with Crippen molar-refractivity contribution in [2.75, 3.05) is 6.54 Å². The Morgan fingerprint density at radius 2 is 1.95 bits per heavy atom. The largest absolute Gasteiger partial charge is 0.391 e. The molecule has 2 aromatic carbocycles. The predicted molar refractivity (Wildman–Crippen MR) is 151 cm³/mol. The topological polar surface area (TPSA) is 100 Å². The van der Waals surface area contributed by atoms with Gasteiger partial charge in [-0.3, -0.25) is 4.79 Å². The maximum absolute atomic E-state index is 14.3. The normalized spacial score (nSPS) is 23.3. The van der Waals surface area contributed by atoms with Crippen molar-refractivity contribution in [1.82, 2.24) is 15.5 Å². The summed E-state index contributed by atoms with van der Waals surface area (Å²) in [5.41, 5.74) is 4.84. The van der Waals surface area contributed by atoms with Crippen LogP contribution in [0.5, 0.6) is 0 Å². The first kappa shape index (κ1) is 28.0. The maximum Gasteiger partial charge on any atom is 0.234 e. The molecule has 2 aliphatic heterocycles. The van der Waals surface area contributed by atoms with Gasteiger partial charge < -0.3 is 14.5 Å². The van der Waals surface area contributed by atoms with Crippen molar-refractivity contribution in [2.45, 2.75) is 57.9 Å². The van der Waals surface area contributed by atoms with Crippen LogP contribution in [0.15, 0.2) is 64.6 Å². The van der Waals surface area contributed by atoms with Crippen molar-refractivity contribution >= 4 is 28.9 Å². The third-order valence-electron chi connectivity index (χ3n) is 7.45. The van der Waals surface area contributed by atoms with Crippen molar-refractivity contribution in [3.05, 3.63) is 83.0 Å². The number of aliphatic imine (C=N–C) groups is 1. The predicted octanol–water partition coefficient (Wildman–Crippen LogP) is 5.67. The van der Waals surface area contributed by atoms with Crippen LogP contribution >= 0.6 is 11.6 Å². The number of benzene rings is 2. The number of aliphatic hydroxyl groups is 1. The van der Waals surface area contributed by atoms with Gasteiger partial charge in [-0.15, -0.1) is 0 Å². The molecule has 2 N–H and O–H groups in total. The average molecular weight is 567 g/mol. The third kappa shape index (κ3) is 5.05. The van der Waals surface area contributed by atoms with E-state index in [1.165, 1.54) is 6.07 Å². The number of allylic oxidation sites excluding steroid dienone is 1. The fourth-order valence-electron chi connectivity index (χ4n) is 5.29. The number of hydrogen-bond donors (Lipinski definition) is 2. The minimum absolute atomic E-state index is 0.126. The summed E-state index contributed by atoms with van der Waals surface area (Å²) in [6, 6.07) is 13.3. The quantitative estimate of drug-likeness (QED) is 0.382. The summed E-state index contributed by atoms with van der Waals surface area (Å²) < 4.78 is 19.8. The fourth-order valence-corrected chi connectivity index (χ4v) is 5.64. The molecule has 0 bridgehead atoms. The van der Waals surface area contributed by atoms with Gasteiger partial charge in [0.15, 0.2) is 5.76 Å². The number of likely N-dealkylation sites (tertiary alicyclic amines) is 1. The first-order chi connectivity index (χ1) is 19.0. The van der Waals surface area contributed by atoms with Gasteiger partial charge in [0.05, 0.1) is 12.1 Å². The minimum Gasteiger partial charge on any atom is -0.391 e. The summed E-state index contributed by atoms with van der Waals surface area (Å²) in [7, 11) is 0. The van der Waals surface area contributed by atoms with E-state index in [2.05, 4.69) is 17.2 Å². The highest BCUT2D eigenvalue weighted by molar-refractivity contribution is 6.33. The number of aromatic nitrogens is 1. The van der Waals surface area contributed by atoms with Gasteiger partial charge in [-0.05, 0) is 37.0 Å². The Balaban J connectivity index is 1.41. The van der Waals surface area contributed by atoms with Crippen LogP contribution in [0.2, 0.25) is 5.02 Å². The summed E-state index contributed by atoms with van der Waals surface area (Å²) in [4.78, 5) is 26.3. The van der Waals surface area contributed by atoms with Crippen molar-refractivity contribution in [3.63, 3.8) is 0 Å². The number of β-amino-alcohol motifs (C(OH)–C–C–N with tert-alkyl or cyclic N) is 1. The van der Waals surface area contributed by atoms with E-state index in [0.717, 1.165) is 11.1 Å². The van der Waals surface area contributed by atoms with E-state index < -0.39 is 23.8 Å². The number of amides is 1. The number of amidine groups is 1. The molecule has 3 heterocycles. The monoisotopic (exact) mass is 566 g/mol. The molecule has 5 rings (SSSR count). The van der Waals surface area contributed by atoms with E-state index in [1.54, 1.807) is 36.9 Å². The number of carbonyl (C=O) groups is 1.